The number of fused-ring (bicyclic) bond motifs is 3. The van der Waals surface area contributed by atoms with E-state index in [4.69, 9.17) is 6.42 Å². The van der Waals surface area contributed by atoms with Crippen LogP contribution in [0.3, 0.4) is 0 Å². The zero-order valence-corrected chi connectivity index (χ0v) is 23.2. The van der Waals surface area contributed by atoms with E-state index < -0.39 is 0 Å². The molecule has 0 saturated heterocycles. The molecule has 2 N–H and O–H groups in total. The number of para-hydroxylation sites is 1. The number of nitrogens with one attached hydrogen (secondary N) is 2. The van der Waals surface area contributed by atoms with Gasteiger partial charge in [0.1, 0.15) is 0 Å². The van der Waals surface area contributed by atoms with E-state index in [2.05, 4.69) is 92.4 Å². The first-order valence-corrected chi connectivity index (χ1v) is 14.0. The van der Waals surface area contributed by atoms with Crippen molar-refractivity contribution >= 4 is 34.6 Å². The van der Waals surface area contributed by atoms with Crippen LogP contribution in [-0.2, 0) is 0 Å². The second-order valence-corrected chi connectivity index (χ2v) is 12.1. The third kappa shape index (κ3) is 5.17. The van der Waals surface area contributed by atoms with Gasteiger partial charge < -0.3 is 10.6 Å². The Kier molecular flexibility index (Phi) is 7.23. The van der Waals surface area contributed by atoms with E-state index in [1.807, 2.05) is 30.0 Å². The summed E-state index contributed by atoms with van der Waals surface area (Å²) < 4.78 is 0. The lowest BCUT2D eigenvalue weighted by atomic mass is 9.84. The second kappa shape index (κ2) is 10.6. The summed E-state index contributed by atoms with van der Waals surface area (Å²) in [6.45, 7) is 11.7. The summed E-state index contributed by atoms with van der Waals surface area (Å²) in [7, 11) is 0. The monoisotopic (exact) mass is 518 g/mol. The normalized spacial score (nSPS) is 16.1. The fourth-order valence-electron chi connectivity index (χ4n) is 5.23. The molecule has 0 radical (unpaired) electrons. The van der Waals surface area contributed by atoms with Crippen molar-refractivity contribution in [2.45, 2.75) is 50.2 Å². The van der Waals surface area contributed by atoms with Crippen LogP contribution in [0.15, 0.2) is 83.8 Å². The van der Waals surface area contributed by atoms with Gasteiger partial charge in [0.15, 0.2) is 0 Å². The van der Waals surface area contributed by atoms with Crippen LogP contribution in [-0.4, -0.2) is 12.5 Å². The molecule has 0 spiro atoms. The highest BCUT2D eigenvalue weighted by Crippen LogP contribution is 2.56. The van der Waals surface area contributed by atoms with E-state index in [0.29, 0.717) is 12.1 Å². The Bertz CT molecular complexity index is 1490. The third-order valence-electron chi connectivity index (χ3n) is 7.50. The van der Waals surface area contributed by atoms with Gasteiger partial charge in [0.25, 0.3) is 5.91 Å². The summed E-state index contributed by atoms with van der Waals surface area (Å²) in [6, 6.07) is 23.1. The van der Waals surface area contributed by atoms with Crippen molar-refractivity contribution in [3.05, 3.63) is 107 Å². The number of thioether (sulfide) groups is 1. The molecule has 3 nitrogen and oxygen atoms in total. The second-order valence-electron chi connectivity index (χ2n) is 10.9. The molecule has 1 heterocycles. The Labute approximate surface area is 230 Å². The first-order chi connectivity index (χ1) is 18.3. The summed E-state index contributed by atoms with van der Waals surface area (Å²) in [5, 5.41) is 6.93. The Morgan fingerprint density at radius 2 is 1.89 bits per heavy atom. The summed E-state index contributed by atoms with van der Waals surface area (Å²) in [4.78, 5) is 14.4. The molecule has 0 bridgehead atoms. The molecule has 4 heteroatoms. The highest BCUT2D eigenvalue weighted by atomic mass is 32.2. The number of anilines is 1. The molecule has 1 unspecified atom stereocenters. The maximum atomic E-state index is 13.2. The molecule has 3 aromatic rings. The van der Waals surface area contributed by atoms with E-state index in [1.54, 1.807) is 0 Å². The lowest BCUT2D eigenvalue weighted by molar-refractivity contribution is 0.0948. The van der Waals surface area contributed by atoms with Crippen LogP contribution in [0.2, 0.25) is 0 Å². The van der Waals surface area contributed by atoms with Crippen LogP contribution >= 0.6 is 11.8 Å². The molecule has 0 aromatic heterocycles. The molecule has 2 aliphatic rings. The van der Waals surface area contributed by atoms with Crippen LogP contribution < -0.4 is 10.6 Å². The van der Waals surface area contributed by atoms with Gasteiger partial charge in [-0.1, -0.05) is 68.5 Å². The number of carbonyl (C=O) groups excluding carboxylic acids is 1. The molecule has 1 amide bonds. The Balaban J connectivity index is 1.47. The number of hydrogen-bond donors (Lipinski definition) is 2. The minimum absolute atomic E-state index is 0.0566. The quantitative estimate of drug-likeness (QED) is 0.309. The molecular formula is C34H34N2OS. The van der Waals surface area contributed by atoms with E-state index in [1.165, 1.54) is 21.6 Å². The van der Waals surface area contributed by atoms with Crippen LogP contribution in [0, 0.1) is 24.7 Å². The Morgan fingerprint density at radius 3 is 2.68 bits per heavy atom. The van der Waals surface area contributed by atoms with E-state index in [-0.39, 0.29) is 16.6 Å². The average molecular weight is 519 g/mol. The maximum absolute atomic E-state index is 13.2. The van der Waals surface area contributed by atoms with Gasteiger partial charge in [0, 0.05) is 34.6 Å². The Morgan fingerprint density at radius 1 is 1.08 bits per heavy atom. The average Bonchev–Trinajstić information content (AvgIpc) is 3.06. The number of hydrogen-bond acceptors (Lipinski definition) is 3. The van der Waals surface area contributed by atoms with E-state index in [0.717, 1.165) is 47.3 Å². The number of terminal acetylenes is 1. The molecule has 0 saturated carbocycles. The smallest absolute Gasteiger partial charge is 0.251 e. The van der Waals surface area contributed by atoms with E-state index >= 15 is 0 Å². The third-order valence-corrected chi connectivity index (χ3v) is 8.86. The van der Waals surface area contributed by atoms with E-state index in [9.17, 15) is 4.79 Å². The Hall–Kier alpha value is -3.68. The standard InChI is InChI=1S/C34H34N2OS/c1-6-7-17-34(4,5)18-19-35-33(37)25-15-16-26-23(3)30-31(27(26)21-25)36-28-13-8-9-14-29(28)38-32(30)24-12-10-11-22(2)20-24/h1,8-16,20-21,32,36H,3,7,17-19H2,2,4-5H3,(H,35,37). The van der Waals surface area contributed by atoms with Gasteiger partial charge in [-0.05, 0) is 66.1 Å². The van der Waals surface area contributed by atoms with Crippen molar-refractivity contribution in [2.24, 2.45) is 5.41 Å². The topological polar surface area (TPSA) is 41.1 Å². The molecule has 1 atom stereocenters. The lowest BCUT2D eigenvalue weighted by Crippen LogP contribution is -2.28. The number of amides is 1. The van der Waals surface area contributed by atoms with Crippen molar-refractivity contribution < 1.29 is 4.79 Å². The van der Waals surface area contributed by atoms with Gasteiger partial charge in [-0.25, -0.2) is 0 Å². The summed E-state index contributed by atoms with van der Waals surface area (Å²) >= 11 is 1.85. The molecule has 1 aliphatic carbocycles. The number of allylic oxidation sites excluding steroid dienone is 1. The van der Waals surface area contributed by atoms with Crippen molar-refractivity contribution in [1.29, 1.82) is 0 Å². The summed E-state index contributed by atoms with van der Waals surface area (Å²) in [6.07, 6.45) is 8.02. The van der Waals surface area contributed by atoms with Gasteiger partial charge in [0.2, 0.25) is 0 Å². The first-order valence-electron chi connectivity index (χ1n) is 13.2. The molecule has 3 aromatic carbocycles. The number of rotatable bonds is 7. The molecule has 5 rings (SSSR count). The zero-order valence-electron chi connectivity index (χ0n) is 22.4. The van der Waals surface area contributed by atoms with Gasteiger partial charge in [-0.15, -0.1) is 24.1 Å². The number of carbonyl (C=O) groups is 1. The molecule has 1 aliphatic heterocycles. The van der Waals surface area contributed by atoms with Crippen LogP contribution in [0.1, 0.15) is 71.0 Å². The summed E-state index contributed by atoms with van der Waals surface area (Å²) in [5.74, 6) is 2.66. The van der Waals surface area contributed by atoms with Gasteiger partial charge >= 0.3 is 0 Å². The van der Waals surface area contributed by atoms with Crippen LogP contribution in [0.4, 0.5) is 5.69 Å². The predicted octanol–water partition coefficient (Wildman–Crippen LogP) is 8.25. The van der Waals surface area contributed by atoms with Crippen LogP contribution in [0.5, 0.6) is 0 Å². The molecule has 192 valence electrons. The molecule has 0 fully saturated rings. The highest BCUT2D eigenvalue weighted by molar-refractivity contribution is 8.00. The van der Waals surface area contributed by atoms with Gasteiger partial charge in [-0.3, -0.25) is 4.79 Å². The lowest BCUT2D eigenvalue weighted by Gasteiger charge is -2.23. The van der Waals surface area contributed by atoms with Crippen molar-refractivity contribution in [2.75, 3.05) is 11.9 Å². The fraction of sp³-hybridized carbons (Fsp3) is 0.265. The predicted molar refractivity (Wildman–Crippen MR) is 161 cm³/mol. The first kappa shape index (κ1) is 25.9. The minimum Gasteiger partial charge on any atom is -0.354 e. The fourth-order valence-corrected chi connectivity index (χ4v) is 6.55. The van der Waals surface area contributed by atoms with Gasteiger partial charge in [-0.2, -0.15) is 0 Å². The zero-order chi connectivity index (χ0) is 26.9. The van der Waals surface area contributed by atoms with Crippen molar-refractivity contribution in [1.82, 2.24) is 5.32 Å². The molecular weight excluding hydrogens is 484 g/mol. The van der Waals surface area contributed by atoms with Crippen molar-refractivity contribution in [3.63, 3.8) is 0 Å². The number of benzene rings is 3. The minimum atomic E-state index is -0.0566. The largest absolute Gasteiger partial charge is 0.354 e. The van der Waals surface area contributed by atoms with Gasteiger partial charge in [0.05, 0.1) is 16.6 Å². The highest BCUT2D eigenvalue weighted by Gasteiger charge is 2.35. The maximum Gasteiger partial charge on any atom is 0.251 e. The number of aryl methyl sites for hydroxylation is 1. The summed E-state index contributed by atoms with van der Waals surface area (Å²) in [5.41, 5.74) is 9.65. The van der Waals surface area contributed by atoms with Crippen molar-refractivity contribution in [3.8, 4) is 12.3 Å². The SMILES string of the molecule is C#CCCC(C)(C)CCNC(=O)c1ccc2c(c1)C1=C(C2=C)C(c2cccc(C)c2)Sc2ccccc2N1. The molecule has 38 heavy (non-hydrogen) atoms. The van der Waals surface area contributed by atoms with Crippen LogP contribution in [0.25, 0.3) is 11.3 Å².